The lowest BCUT2D eigenvalue weighted by Gasteiger charge is -2.16. The van der Waals surface area contributed by atoms with Crippen LogP contribution in [0.3, 0.4) is 0 Å². The van der Waals surface area contributed by atoms with E-state index >= 15 is 0 Å². The van der Waals surface area contributed by atoms with Crippen LogP contribution in [0.25, 0.3) is 0 Å². The SMILES string of the molecule is CCCCCC(O)C=CC1C(O)CC(=O)C1CC=CCCCC(=O)OC(CO)CO. The molecule has 0 saturated heterocycles. The van der Waals surface area contributed by atoms with Crippen LogP contribution in [-0.4, -0.2) is 63.7 Å². The van der Waals surface area contributed by atoms with E-state index < -0.39 is 37.5 Å². The maximum absolute atomic E-state index is 12.2. The number of allylic oxidation sites excluding steroid dienone is 2. The van der Waals surface area contributed by atoms with Gasteiger partial charge in [0.1, 0.15) is 11.9 Å². The summed E-state index contributed by atoms with van der Waals surface area (Å²) in [6.45, 7) is 1.29. The van der Waals surface area contributed by atoms with Gasteiger partial charge in [-0.25, -0.2) is 0 Å². The van der Waals surface area contributed by atoms with Gasteiger partial charge in [0.25, 0.3) is 0 Å². The first-order valence-corrected chi connectivity index (χ1v) is 11.1. The molecular weight excluding hydrogens is 388 g/mol. The zero-order valence-corrected chi connectivity index (χ0v) is 18.0. The first-order chi connectivity index (χ1) is 14.4. The van der Waals surface area contributed by atoms with Gasteiger partial charge in [-0.05, 0) is 25.7 Å². The number of aliphatic hydroxyl groups excluding tert-OH is 4. The third-order valence-electron chi connectivity index (χ3n) is 5.41. The molecule has 4 N–H and O–H groups in total. The van der Waals surface area contributed by atoms with Crippen molar-refractivity contribution in [1.82, 2.24) is 0 Å². The lowest BCUT2D eigenvalue weighted by Crippen LogP contribution is -2.25. The topological polar surface area (TPSA) is 124 Å². The van der Waals surface area contributed by atoms with Crippen molar-refractivity contribution in [3.05, 3.63) is 24.3 Å². The number of aliphatic hydroxyl groups is 4. The average Bonchev–Trinajstić information content (AvgIpc) is 2.99. The van der Waals surface area contributed by atoms with Crippen LogP contribution in [0.5, 0.6) is 0 Å². The molecule has 0 aliphatic heterocycles. The van der Waals surface area contributed by atoms with E-state index in [0.29, 0.717) is 25.7 Å². The number of rotatable bonds is 15. The number of unbranched alkanes of at least 4 members (excludes halogenated alkanes) is 3. The van der Waals surface area contributed by atoms with Crippen molar-refractivity contribution in [1.29, 1.82) is 0 Å². The summed E-state index contributed by atoms with van der Waals surface area (Å²) in [6, 6.07) is 0. The highest BCUT2D eigenvalue weighted by molar-refractivity contribution is 5.84. The summed E-state index contributed by atoms with van der Waals surface area (Å²) in [5.74, 6) is -1.01. The molecule has 1 fully saturated rings. The molecule has 0 aromatic carbocycles. The van der Waals surface area contributed by atoms with Gasteiger partial charge in [-0.3, -0.25) is 9.59 Å². The van der Waals surface area contributed by atoms with Crippen molar-refractivity contribution in [2.24, 2.45) is 11.8 Å². The summed E-state index contributed by atoms with van der Waals surface area (Å²) < 4.78 is 4.89. The van der Waals surface area contributed by atoms with Crippen LogP contribution in [0, 0.1) is 11.8 Å². The quantitative estimate of drug-likeness (QED) is 0.179. The van der Waals surface area contributed by atoms with Crippen LogP contribution < -0.4 is 0 Å². The van der Waals surface area contributed by atoms with Gasteiger partial charge in [-0.2, -0.15) is 0 Å². The zero-order chi connectivity index (χ0) is 22.4. The van der Waals surface area contributed by atoms with E-state index in [-0.39, 0.29) is 30.5 Å². The van der Waals surface area contributed by atoms with Gasteiger partial charge in [-0.1, -0.05) is 50.5 Å². The molecule has 4 atom stereocenters. The van der Waals surface area contributed by atoms with E-state index in [0.717, 1.165) is 19.3 Å². The molecule has 0 spiro atoms. The lowest BCUT2D eigenvalue weighted by molar-refractivity contribution is -0.153. The highest BCUT2D eigenvalue weighted by Crippen LogP contribution is 2.33. The second-order valence-corrected chi connectivity index (χ2v) is 7.95. The van der Waals surface area contributed by atoms with Gasteiger partial charge in [0, 0.05) is 24.7 Å². The Kier molecular flexibility index (Phi) is 13.5. The Morgan fingerprint density at radius 2 is 1.93 bits per heavy atom. The number of ether oxygens (including phenoxy) is 1. The van der Waals surface area contributed by atoms with Crippen molar-refractivity contribution < 1.29 is 34.8 Å². The number of ketones is 1. The molecular formula is C23H38O7. The molecule has 7 nitrogen and oxygen atoms in total. The van der Waals surface area contributed by atoms with E-state index in [4.69, 9.17) is 14.9 Å². The Morgan fingerprint density at radius 1 is 1.20 bits per heavy atom. The van der Waals surface area contributed by atoms with Crippen LogP contribution in [0.4, 0.5) is 0 Å². The van der Waals surface area contributed by atoms with Crippen LogP contribution in [0.15, 0.2) is 24.3 Å². The maximum atomic E-state index is 12.2. The minimum absolute atomic E-state index is 0.0323. The number of carbonyl (C=O) groups excluding carboxylic acids is 2. The van der Waals surface area contributed by atoms with E-state index in [9.17, 15) is 19.8 Å². The number of carbonyl (C=O) groups is 2. The molecule has 0 heterocycles. The minimum Gasteiger partial charge on any atom is -0.457 e. The predicted octanol–water partition coefficient (Wildman–Crippen LogP) is 2.06. The highest BCUT2D eigenvalue weighted by atomic mass is 16.6. The van der Waals surface area contributed by atoms with E-state index in [1.54, 1.807) is 12.2 Å². The minimum atomic E-state index is -0.872. The second kappa shape index (κ2) is 15.3. The molecule has 0 aromatic heterocycles. The van der Waals surface area contributed by atoms with Crippen molar-refractivity contribution in [2.45, 2.75) is 83.0 Å². The molecule has 0 aromatic rings. The van der Waals surface area contributed by atoms with Crippen LogP contribution in [0.1, 0.15) is 64.7 Å². The van der Waals surface area contributed by atoms with Crippen molar-refractivity contribution in [2.75, 3.05) is 13.2 Å². The molecule has 7 heteroatoms. The number of esters is 1. The maximum Gasteiger partial charge on any atom is 0.306 e. The molecule has 1 rings (SSSR count). The first-order valence-electron chi connectivity index (χ1n) is 11.1. The predicted molar refractivity (Wildman–Crippen MR) is 114 cm³/mol. The molecule has 30 heavy (non-hydrogen) atoms. The Morgan fingerprint density at radius 3 is 2.60 bits per heavy atom. The fraction of sp³-hybridized carbons (Fsp3) is 0.739. The number of Topliss-reactive ketones (excluding diaryl/α,β-unsaturated/α-hetero) is 1. The van der Waals surface area contributed by atoms with E-state index in [1.165, 1.54) is 0 Å². The van der Waals surface area contributed by atoms with Gasteiger partial charge in [0.2, 0.25) is 0 Å². The van der Waals surface area contributed by atoms with Crippen LogP contribution in [-0.2, 0) is 14.3 Å². The largest absolute Gasteiger partial charge is 0.457 e. The number of hydrogen-bond donors (Lipinski definition) is 4. The van der Waals surface area contributed by atoms with Crippen molar-refractivity contribution in [3.8, 4) is 0 Å². The molecule has 0 amide bonds. The normalized spacial score (nSPS) is 23.1. The van der Waals surface area contributed by atoms with Gasteiger partial charge in [0.05, 0.1) is 25.4 Å². The Hall–Kier alpha value is -1.54. The summed E-state index contributed by atoms with van der Waals surface area (Å²) in [5.41, 5.74) is 0. The molecule has 172 valence electrons. The molecule has 4 unspecified atom stereocenters. The summed E-state index contributed by atoms with van der Waals surface area (Å²) in [6.07, 6.45) is 11.0. The van der Waals surface area contributed by atoms with Gasteiger partial charge < -0.3 is 25.2 Å². The molecule has 1 aliphatic rings. The van der Waals surface area contributed by atoms with Gasteiger partial charge in [0.15, 0.2) is 0 Å². The first kappa shape index (κ1) is 26.5. The lowest BCUT2D eigenvalue weighted by atomic mass is 9.90. The summed E-state index contributed by atoms with van der Waals surface area (Å²) in [4.78, 5) is 23.8. The van der Waals surface area contributed by atoms with Gasteiger partial charge in [-0.15, -0.1) is 0 Å². The van der Waals surface area contributed by atoms with E-state index in [1.807, 2.05) is 12.2 Å². The monoisotopic (exact) mass is 426 g/mol. The number of hydrogen-bond acceptors (Lipinski definition) is 7. The fourth-order valence-electron chi connectivity index (χ4n) is 3.59. The Balaban J connectivity index is 2.40. The van der Waals surface area contributed by atoms with Crippen molar-refractivity contribution >= 4 is 11.8 Å². The Labute approximate surface area is 179 Å². The second-order valence-electron chi connectivity index (χ2n) is 7.95. The highest BCUT2D eigenvalue weighted by Gasteiger charge is 2.39. The van der Waals surface area contributed by atoms with E-state index in [2.05, 4.69) is 6.92 Å². The molecule has 0 radical (unpaired) electrons. The zero-order valence-electron chi connectivity index (χ0n) is 18.0. The van der Waals surface area contributed by atoms with Crippen LogP contribution >= 0.6 is 0 Å². The third-order valence-corrected chi connectivity index (χ3v) is 5.41. The summed E-state index contributed by atoms with van der Waals surface area (Å²) >= 11 is 0. The average molecular weight is 427 g/mol. The van der Waals surface area contributed by atoms with Crippen molar-refractivity contribution in [3.63, 3.8) is 0 Å². The van der Waals surface area contributed by atoms with Crippen LogP contribution in [0.2, 0.25) is 0 Å². The standard InChI is InChI=1S/C23H38O7/c1-2-3-6-9-17(26)12-13-20-19(21(27)14-22(20)28)10-7-4-5-8-11-23(29)30-18(15-24)16-25/h4,7,12-13,17-20,22,24-26,28H,2-3,5-6,8-11,14-16H2,1H3. The Bertz CT molecular complexity index is 554. The smallest absolute Gasteiger partial charge is 0.306 e. The molecule has 1 aliphatic carbocycles. The summed E-state index contributed by atoms with van der Waals surface area (Å²) in [5, 5.41) is 38.0. The van der Waals surface area contributed by atoms with Gasteiger partial charge >= 0.3 is 5.97 Å². The molecule has 1 saturated carbocycles. The molecule has 0 bridgehead atoms. The fourth-order valence-corrected chi connectivity index (χ4v) is 3.59. The third kappa shape index (κ3) is 9.98. The summed E-state index contributed by atoms with van der Waals surface area (Å²) in [7, 11) is 0.